The van der Waals surface area contributed by atoms with Crippen LogP contribution in [0, 0.1) is 6.92 Å². The highest BCUT2D eigenvalue weighted by Gasteiger charge is 2.23. The molecule has 2 amide bonds. The summed E-state index contributed by atoms with van der Waals surface area (Å²) >= 11 is 1.54. The van der Waals surface area contributed by atoms with Gasteiger partial charge in [0.05, 0.1) is 10.2 Å². The second-order valence-corrected chi connectivity index (χ2v) is 9.57. The van der Waals surface area contributed by atoms with Crippen molar-refractivity contribution in [3.05, 3.63) is 65.9 Å². The first-order valence-electron chi connectivity index (χ1n) is 11.4. The fourth-order valence-corrected chi connectivity index (χ4v) is 4.98. The summed E-state index contributed by atoms with van der Waals surface area (Å²) in [4.78, 5) is 32.6. The maximum absolute atomic E-state index is 12.8. The Hall–Kier alpha value is -3.76. The molecule has 1 aliphatic rings. The molecule has 1 N–H and O–H groups in total. The number of fused-ring (bicyclic) bond motifs is 1. The summed E-state index contributed by atoms with van der Waals surface area (Å²) in [6.45, 7) is 6.97. The number of piperazine rings is 1. The van der Waals surface area contributed by atoms with Crippen LogP contribution in [-0.2, 0) is 11.3 Å². The van der Waals surface area contributed by atoms with Crippen LogP contribution in [0.15, 0.2) is 54.7 Å². The zero-order chi connectivity index (χ0) is 24.4. The van der Waals surface area contributed by atoms with Gasteiger partial charge in [-0.05, 0) is 42.3 Å². The van der Waals surface area contributed by atoms with Crippen molar-refractivity contribution in [3.63, 3.8) is 0 Å². The predicted molar refractivity (Wildman–Crippen MR) is 135 cm³/mol. The van der Waals surface area contributed by atoms with E-state index in [1.165, 1.54) is 22.9 Å². The van der Waals surface area contributed by atoms with Crippen LogP contribution in [0.4, 0.5) is 10.6 Å². The number of hydrogen-bond acceptors (Lipinski definition) is 7. The topological polar surface area (TPSA) is 92.6 Å². The Balaban J connectivity index is 1.19. The van der Waals surface area contributed by atoms with Crippen LogP contribution in [-0.4, -0.2) is 62.7 Å². The fraction of sp³-hybridized carbons (Fsp3) is 0.280. The Morgan fingerprint density at radius 2 is 1.89 bits per heavy atom. The summed E-state index contributed by atoms with van der Waals surface area (Å²) in [6.07, 6.45) is 1.57. The molecule has 2 aromatic heterocycles. The third-order valence-electron chi connectivity index (χ3n) is 5.73. The van der Waals surface area contributed by atoms with Crippen molar-refractivity contribution in [2.45, 2.75) is 20.4 Å². The molecule has 10 heteroatoms. The standard InChI is InChI=1S/C25H26N6O3S/c1-17-13-19(15-20(14-17)34-24-27-21-5-3-4-6-22(21)35-24)16-29-9-11-30(12-10-29)25(33)31-8-7-23(28-31)26-18(2)32/h3-8,13-15H,9-12,16H2,1-2H3,(H,26,28,32). The molecule has 1 saturated heterocycles. The molecule has 0 saturated carbocycles. The van der Waals surface area contributed by atoms with Crippen LogP contribution in [0.5, 0.6) is 10.9 Å². The number of ether oxygens (including phenoxy) is 1. The van der Waals surface area contributed by atoms with E-state index in [9.17, 15) is 9.59 Å². The van der Waals surface area contributed by atoms with Gasteiger partial charge in [-0.3, -0.25) is 9.69 Å². The molecule has 180 valence electrons. The number of aryl methyl sites for hydroxylation is 1. The van der Waals surface area contributed by atoms with E-state index in [1.54, 1.807) is 17.2 Å². The first-order valence-corrected chi connectivity index (χ1v) is 12.2. The maximum atomic E-state index is 12.8. The van der Waals surface area contributed by atoms with Crippen molar-refractivity contribution in [3.8, 4) is 10.9 Å². The van der Waals surface area contributed by atoms with Gasteiger partial charge in [0.25, 0.3) is 5.19 Å². The van der Waals surface area contributed by atoms with Gasteiger partial charge >= 0.3 is 6.03 Å². The lowest BCUT2D eigenvalue weighted by atomic mass is 10.1. The zero-order valence-corrected chi connectivity index (χ0v) is 20.4. The van der Waals surface area contributed by atoms with Crippen molar-refractivity contribution in [1.29, 1.82) is 0 Å². The summed E-state index contributed by atoms with van der Waals surface area (Å²) in [6, 6.07) is 15.7. The van der Waals surface area contributed by atoms with Crippen molar-refractivity contribution in [2.75, 3.05) is 31.5 Å². The number of nitrogens with zero attached hydrogens (tertiary/aromatic N) is 5. The number of para-hydroxylation sites is 1. The normalized spacial score (nSPS) is 14.3. The second kappa shape index (κ2) is 9.85. The minimum absolute atomic E-state index is 0.191. The number of hydrogen-bond donors (Lipinski definition) is 1. The number of aromatic nitrogens is 3. The van der Waals surface area contributed by atoms with Crippen LogP contribution in [0.3, 0.4) is 0 Å². The Kier molecular flexibility index (Phi) is 6.47. The Bertz CT molecular complexity index is 1340. The molecule has 3 heterocycles. The molecular weight excluding hydrogens is 464 g/mol. The summed E-state index contributed by atoms with van der Waals surface area (Å²) in [5.74, 6) is 0.926. The predicted octanol–water partition coefficient (Wildman–Crippen LogP) is 4.34. The van der Waals surface area contributed by atoms with Crippen molar-refractivity contribution in [1.82, 2.24) is 24.6 Å². The minimum Gasteiger partial charge on any atom is -0.431 e. The molecule has 35 heavy (non-hydrogen) atoms. The Morgan fingerprint density at radius 1 is 1.09 bits per heavy atom. The summed E-state index contributed by atoms with van der Waals surface area (Å²) < 4.78 is 8.47. The van der Waals surface area contributed by atoms with Crippen LogP contribution in [0.2, 0.25) is 0 Å². The van der Waals surface area contributed by atoms with Crippen molar-refractivity contribution < 1.29 is 14.3 Å². The second-order valence-electron chi connectivity index (χ2n) is 8.58. The van der Waals surface area contributed by atoms with Crippen LogP contribution in [0.1, 0.15) is 18.1 Å². The molecule has 5 rings (SSSR count). The first kappa shape index (κ1) is 23.0. The monoisotopic (exact) mass is 490 g/mol. The molecule has 0 spiro atoms. The van der Waals surface area contributed by atoms with Crippen LogP contribution >= 0.6 is 11.3 Å². The molecule has 1 aliphatic heterocycles. The first-order chi connectivity index (χ1) is 16.9. The number of thiazole rings is 1. The zero-order valence-electron chi connectivity index (χ0n) is 19.6. The highest BCUT2D eigenvalue weighted by molar-refractivity contribution is 7.20. The van der Waals surface area contributed by atoms with Gasteiger partial charge in [0.2, 0.25) is 5.91 Å². The van der Waals surface area contributed by atoms with E-state index in [4.69, 9.17) is 4.74 Å². The molecule has 0 unspecified atom stereocenters. The lowest BCUT2D eigenvalue weighted by molar-refractivity contribution is -0.114. The van der Waals surface area contributed by atoms with E-state index < -0.39 is 0 Å². The number of carbonyl (C=O) groups is 2. The van der Waals surface area contributed by atoms with Crippen LogP contribution < -0.4 is 10.1 Å². The lowest BCUT2D eigenvalue weighted by Gasteiger charge is -2.34. The van der Waals surface area contributed by atoms with E-state index in [1.807, 2.05) is 30.3 Å². The molecule has 4 aromatic rings. The number of rotatable bonds is 5. The maximum Gasteiger partial charge on any atom is 0.344 e. The van der Waals surface area contributed by atoms with Gasteiger partial charge in [0, 0.05) is 51.9 Å². The SMILES string of the molecule is CC(=O)Nc1ccn(C(=O)N2CCN(Cc3cc(C)cc(Oc4nc5ccccc5s4)c3)CC2)n1. The highest BCUT2D eigenvalue weighted by Crippen LogP contribution is 2.32. The number of amides is 2. The number of benzene rings is 2. The molecule has 0 radical (unpaired) electrons. The van der Waals surface area contributed by atoms with E-state index in [2.05, 4.69) is 39.4 Å². The van der Waals surface area contributed by atoms with E-state index in [0.29, 0.717) is 24.1 Å². The van der Waals surface area contributed by atoms with E-state index >= 15 is 0 Å². The molecule has 1 fully saturated rings. The van der Waals surface area contributed by atoms with Gasteiger partial charge in [0.15, 0.2) is 5.82 Å². The average Bonchev–Trinajstić information content (AvgIpc) is 3.44. The van der Waals surface area contributed by atoms with E-state index in [-0.39, 0.29) is 11.9 Å². The summed E-state index contributed by atoms with van der Waals surface area (Å²) in [7, 11) is 0. The summed E-state index contributed by atoms with van der Waals surface area (Å²) in [5, 5.41) is 7.36. The van der Waals surface area contributed by atoms with Gasteiger partial charge in [0.1, 0.15) is 5.75 Å². The molecule has 0 bridgehead atoms. The van der Waals surface area contributed by atoms with Gasteiger partial charge < -0.3 is 15.0 Å². The minimum atomic E-state index is -0.221. The third-order valence-corrected chi connectivity index (χ3v) is 6.64. The fourth-order valence-electron chi connectivity index (χ4n) is 4.15. The molecule has 9 nitrogen and oxygen atoms in total. The van der Waals surface area contributed by atoms with Gasteiger partial charge in [-0.2, -0.15) is 4.68 Å². The van der Waals surface area contributed by atoms with Gasteiger partial charge in [-0.15, -0.1) is 5.10 Å². The molecule has 0 aliphatic carbocycles. The third kappa shape index (κ3) is 5.50. The quantitative estimate of drug-likeness (QED) is 0.448. The average molecular weight is 491 g/mol. The Labute approximate surface area is 206 Å². The highest BCUT2D eigenvalue weighted by atomic mass is 32.1. The van der Waals surface area contributed by atoms with Crippen molar-refractivity contribution >= 4 is 39.3 Å². The van der Waals surface area contributed by atoms with Gasteiger partial charge in [-0.25, -0.2) is 9.78 Å². The lowest BCUT2D eigenvalue weighted by Crippen LogP contribution is -2.49. The molecule has 0 atom stereocenters. The van der Waals surface area contributed by atoms with Crippen LogP contribution in [0.25, 0.3) is 10.2 Å². The van der Waals surface area contributed by atoms with Crippen molar-refractivity contribution in [2.24, 2.45) is 0 Å². The molecule has 2 aromatic carbocycles. The summed E-state index contributed by atoms with van der Waals surface area (Å²) in [5.41, 5.74) is 3.23. The Morgan fingerprint density at radius 3 is 2.66 bits per heavy atom. The number of carbonyl (C=O) groups excluding carboxylic acids is 2. The number of nitrogens with one attached hydrogen (secondary N) is 1. The van der Waals surface area contributed by atoms with Gasteiger partial charge in [-0.1, -0.05) is 29.5 Å². The number of anilines is 1. The molecular formula is C25H26N6O3S. The van der Waals surface area contributed by atoms with E-state index in [0.717, 1.165) is 46.7 Å². The largest absolute Gasteiger partial charge is 0.431 e. The smallest absolute Gasteiger partial charge is 0.344 e.